The molecule has 1 aromatic carbocycles. The van der Waals surface area contributed by atoms with Crippen LogP contribution >= 0.6 is 0 Å². The van der Waals surface area contributed by atoms with E-state index in [4.69, 9.17) is 10.5 Å². The number of rotatable bonds is 5. The first-order chi connectivity index (χ1) is 8.34. The Morgan fingerprint density at radius 3 is 2.50 bits per heavy atom. The first-order valence-corrected chi connectivity index (χ1v) is 6.52. The molecule has 3 nitrogen and oxygen atoms in total. The zero-order valence-electron chi connectivity index (χ0n) is 12.2. The van der Waals surface area contributed by atoms with Crippen molar-refractivity contribution in [2.24, 2.45) is 5.73 Å². The molecule has 102 valence electrons. The molecule has 1 aromatic rings. The number of nitrogens with two attached hydrogens (primary N) is 1. The second kappa shape index (κ2) is 6.10. The summed E-state index contributed by atoms with van der Waals surface area (Å²) >= 11 is 0. The minimum Gasteiger partial charge on any atom is -0.495 e. The van der Waals surface area contributed by atoms with Gasteiger partial charge in [0.05, 0.1) is 12.8 Å². The molecule has 18 heavy (non-hydrogen) atoms. The summed E-state index contributed by atoms with van der Waals surface area (Å²) in [4.78, 5) is 0. The van der Waals surface area contributed by atoms with Crippen molar-refractivity contribution in [1.29, 1.82) is 0 Å². The van der Waals surface area contributed by atoms with E-state index in [-0.39, 0.29) is 11.5 Å². The molecule has 1 rings (SSSR count). The Labute approximate surface area is 111 Å². The van der Waals surface area contributed by atoms with E-state index in [2.05, 4.69) is 38.2 Å². The number of methoxy groups -OCH3 is 1. The third-order valence-electron chi connectivity index (χ3n) is 2.98. The fourth-order valence-corrected chi connectivity index (χ4v) is 1.75. The maximum absolute atomic E-state index is 5.76. The van der Waals surface area contributed by atoms with Crippen LogP contribution in [0.5, 0.6) is 5.75 Å². The smallest absolute Gasteiger partial charge is 0.141 e. The van der Waals surface area contributed by atoms with E-state index in [1.807, 2.05) is 13.0 Å². The molecule has 0 fully saturated rings. The third kappa shape index (κ3) is 4.22. The second-order valence-electron chi connectivity index (χ2n) is 5.86. The van der Waals surface area contributed by atoms with Crippen LogP contribution in [0, 0.1) is 0 Å². The fourth-order valence-electron chi connectivity index (χ4n) is 1.75. The third-order valence-corrected chi connectivity index (χ3v) is 2.98. The van der Waals surface area contributed by atoms with Gasteiger partial charge >= 0.3 is 0 Å². The van der Waals surface area contributed by atoms with Crippen LogP contribution in [0.25, 0.3) is 0 Å². The molecule has 3 N–H and O–H groups in total. The monoisotopic (exact) mass is 250 g/mol. The molecule has 0 aliphatic rings. The highest BCUT2D eigenvalue weighted by Gasteiger charge is 2.15. The van der Waals surface area contributed by atoms with Gasteiger partial charge in [-0.05, 0) is 36.5 Å². The van der Waals surface area contributed by atoms with Crippen LogP contribution < -0.4 is 15.8 Å². The van der Waals surface area contributed by atoms with Crippen molar-refractivity contribution in [3.05, 3.63) is 23.8 Å². The second-order valence-corrected chi connectivity index (χ2v) is 5.86. The Hall–Kier alpha value is -1.22. The number of anilines is 1. The lowest BCUT2D eigenvalue weighted by Gasteiger charge is -2.21. The lowest BCUT2D eigenvalue weighted by molar-refractivity contribution is 0.416. The van der Waals surface area contributed by atoms with Gasteiger partial charge in [-0.25, -0.2) is 0 Å². The van der Waals surface area contributed by atoms with Gasteiger partial charge in [-0.3, -0.25) is 0 Å². The van der Waals surface area contributed by atoms with Crippen molar-refractivity contribution in [2.75, 3.05) is 19.0 Å². The number of hydrogen-bond donors (Lipinski definition) is 2. The first-order valence-electron chi connectivity index (χ1n) is 6.52. The molecule has 1 unspecified atom stereocenters. The van der Waals surface area contributed by atoms with E-state index < -0.39 is 0 Å². The fraction of sp³-hybridized carbons (Fsp3) is 0.600. The zero-order chi connectivity index (χ0) is 13.8. The standard InChI is InChI=1S/C15H26N2O/c1-11(16)8-9-17-13-10-12(15(2,3)4)6-7-14(13)18-5/h6-7,10-11,17H,8-9,16H2,1-5H3. The summed E-state index contributed by atoms with van der Waals surface area (Å²) in [5.74, 6) is 0.882. The summed E-state index contributed by atoms with van der Waals surface area (Å²) in [6.07, 6.45) is 0.947. The Balaban J connectivity index is 2.86. The number of benzene rings is 1. The summed E-state index contributed by atoms with van der Waals surface area (Å²) in [6.45, 7) is 9.51. The largest absolute Gasteiger partial charge is 0.495 e. The van der Waals surface area contributed by atoms with Gasteiger partial charge in [0.1, 0.15) is 5.75 Å². The van der Waals surface area contributed by atoms with Gasteiger partial charge in [0.15, 0.2) is 0 Å². The topological polar surface area (TPSA) is 47.3 Å². The van der Waals surface area contributed by atoms with Crippen LogP contribution in [0.15, 0.2) is 18.2 Å². The van der Waals surface area contributed by atoms with Crippen molar-refractivity contribution in [1.82, 2.24) is 0 Å². The molecule has 1 atom stereocenters. The van der Waals surface area contributed by atoms with Crippen molar-refractivity contribution < 1.29 is 4.74 Å². The van der Waals surface area contributed by atoms with E-state index in [1.165, 1.54) is 5.56 Å². The van der Waals surface area contributed by atoms with E-state index >= 15 is 0 Å². The Morgan fingerprint density at radius 1 is 1.33 bits per heavy atom. The van der Waals surface area contributed by atoms with Crippen LogP contribution in [-0.2, 0) is 5.41 Å². The number of nitrogens with one attached hydrogen (secondary N) is 1. The summed E-state index contributed by atoms with van der Waals surface area (Å²) in [5, 5.41) is 3.40. The van der Waals surface area contributed by atoms with Crippen molar-refractivity contribution >= 4 is 5.69 Å². The summed E-state index contributed by atoms with van der Waals surface area (Å²) in [6, 6.07) is 6.53. The summed E-state index contributed by atoms with van der Waals surface area (Å²) in [5.41, 5.74) is 8.24. The maximum atomic E-state index is 5.76. The molecule has 0 radical (unpaired) electrons. The minimum absolute atomic E-state index is 0.143. The van der Waals surface area contributed by atoms with Gasteiger partial charge in [-0.15, -0.1) is 0 Å². The predicted octanol–water partition coefficient (Wildman–Crippen LogP) is 3.14. The molecule has 0 heterocycles. The molecule has 0 aliphatic heterocycles. The van der Waals surface area contributed by atoms with E-state index in [9.17, 15) is 0 Å². The summed E-state index contributed by atoms with van der Waals surface area (Å²) < 4.78 is 5.38. The predicted molar refractivity (Wildman–Crippen MR) is 78.5 cm³/mol. The molecule has 0 aliphatic carbocycles. The van der Waals surface area contributed by atoms with Gasteiger partial charge in [0.25, 0.3) is 0 Å². The van der Waals surface area contributed by atoms with Gasteiger partial charge < -0.3 is 15.8 Å². The van der Waals surface area contributed by atoms with Crippen LogP contribution in [-0.4, -0.2) is 19.7 Å². The Morgan fingerprint density at radius 2 is 2.00 bits per heavy atom. The zero-order valence-corrected chi connectivity index (χ0v) is 12.2. The summed E-state index contributed by atoms with van der Waals surface area (Å²) in [7, 11) is 1.70. The number of ether oxygens (including phenoxy) is 1. The van der Waals surface area contributed by atoms with E-state index in [1.54, 1.807) is 7.11 Å². The van der Waals surface area contributed by atoms with Crippen LogP contribution in [0.3, 0.4) is 0 Å². The first kappa shape index (κ1) is 14.8. The lowest BCUT2D eigenvalue weighted by Crippen LogP contribution is -2.19. The van der Waals surface area contributed by atoms with E-state index in [0.29, 0.717) is 0 Å². The van der Waals surface area contributed by atoms with Gasteiger partial charge in [0, 0.05) is 12.6 Å². The molecular formula is C15H26N2O. The average Bonchev–Trinajstić information content (AvgIpc) is 2.27. The van der Waals surface area contributed by atoms with E-state index in [0.717, 1.165) is 24.4 Å². The minimum atomic E-state index is 0.143. The highest BCUT2D eigenvalue weighted by molar-refractivity contribution is 5.59. The van der Waals surface area contributed by atoms with Crippen molar-refractivity contribution in [3.8, 4) is 5.75 Å². The highest BCUT2D eigenvalue weighted by atomic mass is 16.5. The number of hydrogen-bond acceptors (Lipinski definition) is 3. The molecule has 0 saturated carbocycles. The molecule has 3 heteroatoms. The molecule has 0 bridgehead atoms. The van der Waals surface area contributed by atoms with Gasteiger partial charge in [-0.1, -0.05) is 26.8 Å². The molecule has 0 spiro atoms. The van der Waals surface area contributed by atoms with Crippen LogP contribution in [0.4, 0.5) is 5.69 Å². The van der Waals surface area contributed by atoms with Crippen molar-refractivity contribution in [3.63, 3.8) is 0 Å². The van der Waals surface area contributed by atoms with Crippen LogP contribution in [0.1, 0.15) is 39.7 Å². The SMILES string of the molecule is COc1ccc(C(C)(C)C)cc1NCCC(C)N. The quantitative estimate of drug-likeness (QED) is 0.844. The molecular weight excluding hydrogens is 224 g/mol. The van der Waals surface area contributed by atoms with Crippen LogP contribution in [0.2, 0.25) is 0 Å². The van der Waals surface area contributed by atoms with Crippen molar-refractivity contribution in [2.45, 2.75) is 45.6 Å². The molecule has 0 aromatic heterocycles. The average molecular weight is 250 g/mol. The van der Waals surface area contributed by atoms with Gasteiger partial charge in [-0.2, -0.15) is 0 Å². The normalized spacial score (nSPS) is 13.2. The van der Waals surface area contributed by atoms with Gasteiger partial charge in [0.2, 0.25) is 0 Å². The highest BCUT2D eigenvalue weighted by Crippen LogP contribution is 2.31. The Kier molecular flexibility index (Phi) is 5.03. The lowest BCUT2D eigenvalue weighted by atomic mass is 9.87. The Bertz CT molecular complexity index is 381. The maximum Gasteiger partial charge on any atom is 0.141 e. The molecule has 0 amide bonds. The molecule has 0 saturated heterocycles.